The Labute approximate surface area is 135 Å². The highest BCUT2D eigenvalue weighted by molar-refractivity contribution is 6.32. The first-order chi connectivity index (χ1) is 10.5. The summed E-state index contributed by atoms with van der Waals surface area (Å²) in [6, 6.07) is 10.6. The van der Waals surface area contributed by atoms with E-state index in [9.17, 15) is 14.9 Å². The maximum absolute atomic E-state index is 11.8. The first-order valence-corrected chi connectivity index (χ1v) is 6.84. The zero-order valence-electron chi connectivity index (χ0n) is 11.1. The molecule has 0 fully saturated rings. The third-order valence-electron chi connectivity index (χ3n) is 2.63. The molecule has 0 aliphatic rings. The van der Waals surface area contributed by atoms with Crippen LogP contribution in [0.2, 0.25) is 10.0 Å². The number of halogens is 2. The first kappa shape index (κ1) is 16.1. The van der Waals surface area contributed by atoms with Gasteiger partial charge in [0.25, 0.3) is 11.6 Å². The van der Waals surface area contributed by atoms with Crippen molar-refractivity contribution in [3.63, 3.8) is 0 Å². The van der Waals surface area contributed by atoms with Gasteiger partial charge in [0.05, 0.1) is 9.95 Å². The number of nitro benzene ring substituents is 1. The lowest BCUT2D eigenvalue weighted by atomic mass is 10.2. The summed E-state index contributed by atoms with van der Waals surface area (Å²) in [5, 5.41) is 13.9. The number of hydrogen-bond donors (Lipinski definition) is 1. The molecule has 6 nitrogen and oxygen atoms in total. The number of rotatable bonds is 5. The van der Waals surface area contributed by atoms with Crippen LogP contribution in [-0.4, -0.2) is 17.4 Å². The van der Waals surface area contributed by atoms with Crippen LogP contribution in [-0.2, 0) is 4.79 Å². The number of nitro groups is 1. The van der Waals surface area contributed by atoms with Gasteiger partial charge < -0.3 is 10.1 Å². The topological polar surface area (TPSA) is 81.5 Å². The highest BCUT2D eigenvalue weighted by Gasteiger charge is 2.16. The molecule has 0 bridgehead atoms. The summed E-state index contributed by atoms with van der Waals surface area (Å²) in [6.45, 7) is -0.330. The number of carbonyl (C=O) groups is 1. The molecule has 0 spiro atoms. The molecule has 8 heteroatoms. The number of hydrogen-bond acceptors (Lipinski definition) is 4. The molecule has 2 aromatic rings. The number of amides is 1. The quantitative estimate of drug-likeness (QED) is 0.660. The lowest BCUT2D eigenvalue weighted by Gasteiger charge is -2.09. The van der Waals surface area contributed by atoms with Crippen LogP contribution in [0.15, 0.2) is 42.5 Å². The van der Waals surface area contributed by atoms with Gasteiger partial charge in [-0.3, -0.25) is 14.9 Å². The summed E-state index contributed by atoms with van der Waals surface area (Å²) >= 11 is 11.6. The lowest BCUT2D eigenvalue weighted by molar-refractivity contribution is -0.383. The predicted molar refractivity (Wildman–Crippen MR) is 83.7 cm³/mol. The number of benzene rings is 2. The van der Waals surface area contributed by atoms with Gasteiger partial charge in [-0.05, 0) is 24.3 Å². The predicted octanol–water partition coefficient (Wildman–Crippen LogP) is 3.92. The minimum Gasteiger partial charge on any atom is -0.482 e. The second kappa shape index (κ2) is 7.11. The number of ether oxygens (including phenoxy) is 1. The fourth-order valence-electron chi connectivity index (χ4n) is 1.65. The number of nitrogens with zero attached hydrogens (tertiary/aromatic N) is 1. The molecule has 2 aromatic carbocycles. The standard InChI is InChI=1S/C14H10Cl2N2O4/c15-9-5-6-11(12(7-9)18(20)21)17-14(19)8-22-13-4-2-1-3-10(13)16/h1-7H,8H2,(H,17,19). The van der Waals surface area contributed by atoms with Gasteiger partial charge in [-0.15, -0.1) is 0 Å². The highest BCUT2D eigenvalue weighted by atomic mass is 35.5. The molecule has 0 aromatic heterocycles. The minimum absolute atomic E-state index is 0.0437. The molecule has 0 saturated heterocycles. The summed E-state index contributed by atoms with van der Waals surface area (Å²) in [7, 11) is 0. The van der Waals surface area contributed by atoms with Gasteiger partial charge >= 0.3 is 0 Å². The molecule has 2 rings (SSSR count). The van der Waals surface area contributed by atoms with Crippen molar-refractivity contribution >= 4 is 40.5 Å². The molecule has 0 heterocycles. The number of carbonyl (C=O) groups excluding carboxylic acids is 1. The SMILES string of the molecule is O=C(COc1ccccc1Cl)Nc1ccc(Cl)cc1[N+](=O)[O-]. The van der Waals surface area contributed by atoms with Gasteiger partial charge in [-0.2, -0.15) is 0 Å². The van der Waals surface area contributed by atoms with Crippen molar-refractivity contribution < 1.29 is 14.5 Å². The third-order valence-corrected chi connectivity index (χ3v) is 3.17. The summed E-state index contributed by atoms with van der Waals surface area (Å²) in [5.74, 6) is -0.199. The van der Waals surface area contributed by atoms with E-state index in [0.717, 1.165) is 6.07 Å². The minimum atomic E-state index is -0.629. The Balaban J connectivity index is 2.04. The van der Waals surface area contributed by atoms with Crippen LogP contribution >= 0.6 is 23.2 Å². The smallest absolute Gasteiger partial charge is 0.294 e. The Morgan fingerprint density at radius 1 is 1.23 bits per heavy atom. The molecule has 1 N–H and O–H groups in total. The zero-order chi connectivity index (χ0) is 16.1. The Morgan fingerprint density at radius 2 is 1.95 bits per heavy atom. The molecule has 1 amide bonds. The van der Waals surface area contributed by atoms with Crippen LogP contribution in [0.1, 0.15) is 0 Å². The van der Waals surface area contributed by atoms with E-state index in [0.29, 0.717) is 10.8 Å². The number of nitrogens with one attached hydrogen (secondary N) is 1. The van der Waals surface area contributed by atoms with Gasteiger partial charge in [-0.1, -0.05) is 35.3 Å². The molecule has 0 aliphatic carbocycles. The average Bonchev–Trinajstić information content (AvgIpc) is 2.48. The Bertz CT molecular complexity index is 722. The summed E-state index contributed by atoms with van der Waals surface area (Å²) < 4.78 is 5.25. The van der Waals surface area contributed by atoms with E-state index in [4.69, 9.17) is 27.9 Å². The van der Waals surface area contributed by atoms with Gasteiger partial charge in [0, 0.05) is 11.1 Å². The summed E-state index contributed by atoms with van der Waals surface area (Å²) in [5.41, 5.74) is -0.249. The molecule has 0 aliphatic heterocycles. The van der Waals surface area contributed by atoms with Gasteiger partial charge in [0.1, 0.15) is 11.4 Å². The van der Waals surface area contributed by atoms with Crippen LogP contribution in [0.3, 0.4) is 0 Å². The summed E-state index contributed by atoms with van der Waals surface area (Å²) in [4.78, 5) is 22.1. The lowest BCUT2D eigenvalue weighted by Crippen LogP contribution is -2.20. The molecule has 0 unspecified atom stereocenters. The van der Waals surface area contributed by atoms with Gasteiger partial charge in [-0.25, -0.2) is 0 Å². The van der Waals surface area contributed by atoms with E-state index in [1.54, 1.807) is 24.3 Å². The van der Waals surface area contributed by atoms with Crippen LogP contribution in [0.5, 0.6) is 5.75 Å². The molecular weight excluding hydrogens is 331 g/mol. The van der Waals surface area contributed by atoms with E-state index < -0.39 is 10.8 Å². The molecule has 0 saturated carbocycles. The van der Waals surface area contributed by atoms with Crippen molar-refractivity contribution in [2.45, 2.75) is 0 Å². The Hall–Kier alpha value is -2.31. The maximum atomic E-state index is 11.8. The van der Waals surface area contributed by atoms with Crippen molar-refractivity contribution in [3.8, 4) is 5.75 Å². The van der Waals surface area contributed by atoms with Crippen LogP contribution in [0.25, 0.3) is 0 Å². The number of anilines is 1. The summed E-state index contributed by atoms with van der Waals surface area (Å²) in [6.07, 6.45) is 0. The van der Waals surface area contributed by atoms with E-state index in [1.165, 1.54) is 12.1 Å². The zero-order valence-corrected chi connectivity index (χ0v) is 12.6. The molecule has 22 heavy (non-hydrogen) atoms. The van der Waals surface area contributed by atoms with E-state index in [-0.39, 0.29) is 23.0 Å². The maximum Gasteiger partial charge on any atom is 0.294 e. The Kier molecular flexibility index (Phi) is 5.19. The van der Waals surface area contributed by atoms with Gasteiger partial charge in [0.2, 0.25) is 0 Å². The van der Waals surface area contributed by atoms with Gasteiger partial charge in [0.15, 0.2) is 6.61 Å². The van der Waals surface area contributed by atoms with E-state index >= 15 is 0 Å². The second-order valence-electron chi connectivity index (χ2n) is 4.19. The third kappa shape index (κ3) is 4.09. The van der Waals surface area contributed by atoms with Crippen molar-refractivity contribution in [3.05, 3.63) is 62.6 Å². The number of para-hydroxylation sites is 1. The normalized spacial score (nSPS) is 10.1. The average molecular weight is 341 g/mol. The first-order valence-electron chi connectivity index (χ1n) is 6.08. The van der Waals surface area contributed by atoms with Crippen molar-refractivity contribution in [2.24, 2.45) is 0 Å². The van der Waals surface area contributed by atoms with E-state index in [2.05, 4.69) is 5.32 Å². The molecule has 0 radical (unpaired) electrons. The molecule has 0 atom stereocenters. The van der Waals surface area contributed by atoms with Crippen LogP contribution < -0.4 is 10.1 Å². The largest absolute Gasteiger partial charge is 0.482 e. The molecule has 114 valence electrons. The van der Waals surface area contributed by atoms with Crippen molar-refractivity contribution in [1.29, 1.82) is 0 Å². The van der Waals surface area contributed by atoms with E-state index in [1.807, 2.05) is 0 Å². The fraction of sp³-hybridized carbons (Fsp3) is 0.0714. The van der Waals surface area contributed by atoms with Crippen molar-refractivity contribution in [1.82, 2.24) is 0 Å². The highest BCUT2D eigenvalue weighted by Crippen LogP contribution is 2.28. The fourth-order valence-corrected chi connectivity index (χ4v) is 2.01. The van der Waals surface area contributed by atoms with Crippen molar-refractivity contribution in [2.75, 3.05) is 11.9 Å². The monoisotopic (exact) mass is 340 g/mol. The molecular formula is C14H10Cl2N2O4. The van der Waals surface area contributed by atoms with Crippen LogP contribution in [0, 0.1) is 10.1 Å². The van der Waals surface area contributed by atoms with Crippen LogP contribution in [0.4, 0.5) is 11.4 Å². The Morgan fingerprint density at radius 3 is 2.64 bits per heavy atom. The second-order valence-corrected chi connectivity index (χ2v) is 5.03.